The van der Waals surface area contributed by atoms with Crippen molar-refractivity contribution in [2.45, 2.75) is 13.0 Å². The van der Waals surface area contributed by atoms with Crippen LogP contribution in [0.4, 0.5) is 5.82 Å². The van der Waals surface area contributed by atoms with Gasteiger partial charge in [0.1, 0.15) is 11.5 Å². The van der Waals surface area contributed by atoms with E-state index in [9.17, 15) is 10.1 Å². The van der Waals surface area contributed by atoms with E-state index < -0.39 is 6.04 Å². The first-order valence-electron chi connectivity index (χ1n) is 8.72. The van der Waals surface area contributed by atoms with E-state index in [4.69, 9.17) is 5.73 Å². The van der Waals surface area contributed by atoms with Gasteiger partial charge in [-0.2, -0.15) is 5.26 Å². The number of aromatic nitrogens is 1. The normalized spacial score (nSPS) is 10.9. The standard InChI is InChI=1S/C23H18N4O/c1-16(25)23(28)27-22-14-12-20(19-10-6-5-9-18(19)15-24)21(26-22)13-11-17-7-3-2-4-8-17/h2-10,12,14,16H,25H2,1H3,(H,26,27,28). The maximum Gasteiger partial charge on any atom is 0.242 e. The summed E-state index contributed by atoms with van der Waals surface area (Å²) in [6.45, 7) is 1.60. The maximum absolute atomic E-state index is 11.9. The smallest absolute Gasteiger partial charge is 0.242 e. The van der Waals surface area contributed by atoms with Gasteiger partial charge in [-0.3, -0.25) is 4.79 Å². The van der Waals surface area contributed by atoms with Crippen LogP contribution < -0.4 is 11.1 Å². The molecule has 1 aromatic heterocycles. The Morgan fingerprint density at radius 2 is 1.71 bits per heavy atom. The lowest BCUT2D eigenvalue weighted by Crippen LogP contribution is -2.32. The first-order chi connectivity index (χ1) is 13.6. The van der Waals surface area contributed by atoms with Gasteiger partial charge >= 0.3 is 0 Å². The summed E-state index contributed by atoms with van der Waals surface area (Å²) in [6.07, 6.45) is 0. The summed E-state index contributed by atoms with van der Waals surface area (Å²) in [5, 5.41) is 12.1. The van der Waals surface area contributed by atoms with Crippen molar-refractivity contribution in [2.75, 3.05) is 5.32 Å². The molecule has 3 aromatic rings. The van der Waals surface area contributed by atoms with Crippen LogP contribution in [-0.4, -0.2) is 16.9 Å². The molecule has 0 spiro atoms. The number of nitriles is 1. The van der Waals surface area contributed by atoms with Crippen molar-refractivity contribution in [3.8, 4) is 29.0 Å². The van der Waals surface area contributed by atoms with Crippen molar-refractivity contribution < 1.29 is 4.79 Å². The lowest BCUT2D eigenvalue weighted by Gasteiger charge is -2.11. The van der Waals surface area contributed by atoms with E-state index >= 15 is 0 Å². The summed E-state index contributed by atoms with van der Waals surface area (Å²) >= 11 is 0. The summed E-state index contributed by atoms with van der Waals surface area (Å²) in [7, 11) is 0. The van der Waals surface area contributed by atoms with Crippen molar-refractivity contribution in [3.05, 3.63) is 83.6 Å². The predicted octanol–water partition coefficient (Wildman–Crippen LogP) is 3.31. The van der Waals surface area contributed by atoms with Gasteiger partial charge in [0, 0.05) is 16.7 Å². The second-order valence-electron chi connectivity index (χ2n) is 6.14. The summed E-state index contributed by atoms with van der Waals surface area (Å²) < 4.78 is 0. The van der Waals surface area contributed by atoms with Gasteiger partial charge in [0.2, 0.25) is 5.91 Å². The van der Waals surface area contributed by atoms with Crippen molar-refractivity contribution in [1.82, 2.24) is 4.98 Å². The molecule has 0 aliphatic carbocycles. The lowest BCUT2D eigenvalue weighted by molar-refractivity contribution is -0.117. The van der Waals surface area contributed by atoms with Gasteiger partial charge in [-0.05, 0) is 43.2 Å². The molecule has 0 bridgehead atoms. The number of rotatable bonds is 3. The molecular weight excluding hydrogens is 348 g/mol. The number of hydrogen-bond donors (Lipinski definition) is 2. The zero-order chi connectivity index (χ0) is 19.9. The molecule has 1 heterocycles. The maximum atomic E-state index is 11.9. The molecule has 0 radical (unpaired) electrons. The number of hydrogen-bond acceptors (Lipinski definition) is 4. The molecule has 5 heteroatoms. The van der Waals surface area contributed by atoms with Crippen molar-refractivity contribution in [1.29, 1.82) is 5.26 Å². The summed E-state index contributed by atoms with van der Waals surface area (Å²) in [4.78, 5) is 16.4. The van der Waals surface area contributed by atoms with Gasteiger partial charge in [0.25, 0.3) is 0 Å². The number of carbonyl (C=O) groups excluding carboxylic acids is 1. The zero-order valence-corrected chi connectivity index (χ0v) is 15.3. The van der Waals surface area contributed by atoms with Crippen molar-refractivity contribution in [3.63, 3.8) is 0 Å². The molecule has 3 rings (SSSR count). The molecule has 2 aromatic carbocycles. The molecule has 0 aliphatic heterocycles. The number of nitrogens with zero attached hydrogens (tertiary/aromatic N) is 2. The topological polar surface area (TPSA) is 91.8 Å². The molecule has 28 heavy (non-hydrogen) atoms. The van der Waals surface area contributed by atoms with Gasteiger partial charge in [0.15, 0.2) is 0 Å². The highest BCUT2D eigenvalue weighted by Crippen LogP contribution is 2.27. The van der Waals surface area contributed by atoms with Gasteiger partial charge in [0.05, 0.1) is 17.7 Å². The molecule has 0 fully saturated rings. The third kappa shape index (κ3) is 4.42. The number of amides is 1. The Morgan fingerprint density at radius 1 is 1.00 bits per heavy atom. The molecule has 1 amide bonds. The fraction of sp³-hybridized carbons (Fsp3) is 0.0870. The Labute approximate surface area is 163 Å². The zero-order valence-electron chi connectivity index (χ0n) is 15.3. The van der Waals surface area contributed by atoms with Crippen LogP contribution in [0.3, 0.4) is 0 Å². The fourth-order valence-electron chi connectivity index (χ4n) is 2.55. The molecule has 1 unspecified atom stereocenters. The molecule has 3 N–H and O–H groups in total. The van der Waals surface area contributed by atoms with Gasteiger partial charge in [-0.15, -0.1) is 0 Å². The van der Waals surface area contributed by atoms with Crippen LogP contribution in [0.15, 0.2) is 66.7 Å². The van der Waals surface area contributed by atoms with E-state index in [0.29, 0.717) is 17.1 Å². The summed E-state index contributed by atoms with van der Waals surface area (Å²) in [5.74, 6) is 6.17. The number of nitrogens with two attached hydrogens (primary N) is 1. The number of benzene rings is 2. The van der Waals surface area contributed by atoms with Crippen LogP contribution in [0.1, 0.15) is 23.7 Å². The van der Waals surface area contributed by atoms with E-state index in [0.717, 1.165) is 16.7 Å². The molecule has 136 valence electrons. The quantitative estimate of drug-likeness (QED) is 0.696. The first-order valence-corrected chi connectivity index (χ1v) is 8.72. The highest BCUT2D eigenvalue weighted by Gasteiger charge is 2.13. The number of anilines is 1. The highest BCUT2D eigenvalue weighted by molar-refractivity contribution is 5.94. The van der Waals surface area contributed by atoms with Crippen LogP contribution >= 0.6 is 0 Å². The van der Waals surface area contributed by atoms with Crippen LogP contribution in [0.2, 0.25) is 0 Å². The molecule has 1 atom stereocenters. The highest BCUT2D eigenvalue weighted by atomic mass is 16.2. The third-order valence-corrected chi connectivity index (χ3v) is 4.00. The fourth-order valence-corrected chi connectivity index (χ4v) is 2.55. The SMILES string of the molecule is CC(N)C(=O)Nc1ccc(-c2ccccc2C#N)c(C#Cc2ccccc2)n1. The van der Waals surface area contributed by atoms with E-state index in [2.05, 4.69) is 28.2 Å². The minimum atomic E-state index is -0.653. The minimum Gasteiger partial charge on any atom is -0.320 e. The van der Waals surface area contributed by atoms with E-state index in [1.54, 1.807) is 25.1 Å². The number of pyridine rings is 1. The lowest BCUT2D eigenvalue weighted by atomic mass is 9.99. The Balaban J connectivity index is 2.10. The van der Waals surface area contributed by atoms with Crippen LogP contribution in [0.25, 0.3) is 11.1 Å². The summed E-state index contributed by atoms with van der Waals surface area (Å²) in [5.41, 5.74) is 8.90. The predicted molar refractivity (Wildman–Crippen MR) is 109 cm³/mol. The van der Waals surface area contributed by atoms with Crippen LogP contribution in [0.5, 0.6) is 0 Å². The van der Waals surface area contributed by atoms with E-state index in [1.807, 2.05) is 48.5 Å². The van der Waals surface area contributed by atoms with Crippen LogP contribution in [0, 0.1) is 23.2 Å². The van der Waals surface area contributed by atoms with Crippen LogP contribution in [-0.2, 0) is 4.79 Å². The third-order valence-electron chi connectivity index (χ3n) is 4.00. The van der Waals surface area contributed by atoms with Crippen molar-refractivity contribution in [2.24, 2.45) is 5.73 Å². The average Bonchev–Trinajstić information content (AvgIpc) is 2.73. The second-order valence-corrected chi connectivity index (χ2v) is 6.14. The minimum absolute atomic E-state index is 0.334. The van der Waals surface area contributed by atoms with Gasteiger partial charge in [-0.1, -0.05) is 42.3 Å². The Kier molecular flexibility index (Phi) is 5.81. The van der Waals surface area contributed by atoms with E-state index in [1.165, 1.54) is 0 Å². The number of carbonyl (C=O) groups is 1. The van der Waals surface area contributed by atoms with E-state index in [-0.39, 0.29) is 5.91 Å². The van der Waals surface area contributed by atoms with Crippen molar-refractivity contribution >= 4 is 11.7 Å². The Bertz CT molecular complexity index is 1100. The second kappa shape index (κ2) is 8.64. The Morgan fingerprint density at radius 3 is 2.43 bits per heavy atom. The largest absolute Gasteiger partial charge is 0.320 e. The van der Waals surface area contributed by atoms with Gasteiger partial charge < -0.3 is 11.1 Å². The molecule has 0 aliphatic rings. The first kappa shape index (κ1) is 18.8. The molecule has 5 nitrogen and oxygen atoms in total. The molecule has 0 saturated carbocycles. The summed E-state index contributed by atoms with van der Waals surface area (Å²) in [6, 6.07) is 21.8. The molecule has 0 saturated heterocycles. The van der Waals surface area contributed by atoms with Gasteiger partial charge in [-0.25, -0.2) is 4.98 Å². The Hall–Kier alpha value is -3.93. The molecular formula is C23H18N4O. The number of nitrogens with one attached hydrogen (secondary N) is 1. The average molecular weight is 366 g/mol. The monoisotopic (exact) mass is 366 g/mol.